The molecule has 1 N–H and O–H groups in total. The van der Waals surface area contributed by atoms with E-state index in [0.29, 0.717) is 0 Å². The molecule has 2 rings (SSSR count). The van der Waals surface area contributed by atoms with Crippen LogP contribution in [0.4, 0.5) is 0 Å². The van der Waals surface area contributed by atoms with Gasteiger partial charge < -0.3 is 14.3 Å². The number of hydrogen-bond donors (Lipinski definition) is 1. The van der Waals surface area contributed by atoms with E-state index in [-0.39, 0.29) is 0 Å². The average molecular weight is 268 g/mol. The van der Waals surface area contributed by atoms with Crippen molar-refractivity contribution in [2.45, 2.75) is 32.7 Å². The molecule has 18 heavy (non-hydrogen) atoms. The molecule has 0 spiro atoms. The van der Waals surface area contributed by atoms with Gasteiger partial charge in [-0.3, -0.25) is 4.68 Å². The van der Waals surface area contributed by atoms with E-state index in [2.05, 4.69) is 21.6 Å². The average Bonchev–Trinajstić information content (AvgIpc) is 2.80. The van der Waals surface area contributed by atoms with Crippen LogP contribution in [-0.2, 0) is 24.8 Å². The van der Waals surface area contributed by atoms with Crippen LogP contribution in [-0.4, -0.2) is 33.0 Å². The SMILES string of the molecule is CCCc1nn(C)c2c1[nH]c(=S)n2CCCOC. The molecule has 0 radical (unpaired) electrons. The lowest BCUT2D eigenvalue weighted by Crippen LogP contribution is -2.05. The van der Waals surface area contributed by atoms with Crippen molar-refractivity contribution < 1.29 is 4.74 Å². The summed E-state index contributed by atoms with van der Waals surface area (Å²) in [5.74, 6) is 0. The van der Waals surface area contributed by atoms with E-state index in [1.54, 1.807) is 7.11 Å². The van der Waals surface area contributed by atoms with Crippen LogP contribution in [0, 0.1) is 4.77 Å². The van der Waals surface area contributed by atoms with E-state index in [4.69, 9.17) is 17.0 Å². The molecular weight excluding hydrogens is 248 g/mol. The Morgan fingerprint density at radius 1 is 1.44 bits per heavy atom. The summed E-state index contributed by atoms with van der Waals surface area (Å²) in [6.07, 6.45) is 3.01. The molecule has 0 aliphatic heterocycles. The lowest BCUT2D eigenvalue weighted by atomic mass is 10.2. The van der Waals surface area contributed by atoms with Crippen molar-refractivity contribution in [2.75, 3.05) is 13.7 Å². The highest BCUT2D eigenvalue weighted by atomic mass is 32.1. The first-order chi connectivity index (χ1) is 8.69. The second kappa shape index (κ2) is 5.67. The third kappa shape index (κ3) is 2.35. The van der Waals surface area contributed by atoms with Crippen molar-refractivity contribution in [3.63, 3.8) is 0 Å². The van der Waals surface area contributed by atoms with Gasteiger partial charge in [-0.05, 0) is 25.1 Å². The molecule has 5 nitrogen and oxygen atoms in total. The maximum Gasteiger partial charge on any atom is 0.179 e. The molecule has 0 amide bonds. The molecule has 0 bridgehead atoms. The predicted octanol–water partition coefficient (Wildman–Crippen LogP) is 2.42. The van der Waals surface area contributed by atoms with Crippen molar-refractivity contribution in [3.8, 4) is 0 Å². The minimum absolute atomic E-state index is 0.744. The maximum atomic E-state index is 5.39. The number of nitrogens with zero attached hydrogens (tertiary/aromatic N) is 3. The molecule has 0 aromatic carbocycles. The number of imidazole rings is 1. The number of hydrogen-bond acceptors (Lipinski definition) is 3. The molecule has 0 atom stereocenters. The number of aryl methyl sites for hydroxylation is 3. The monoisotopic (exact) mass is 268 g/mol. The summed E-state index contributed by atoms with van der Waals surface area (Å²) in [4.78, 5) is 3.28. The Morgan fingerprint density at radius 2 is 2.22 bits per heavy atom. The quantitative estimate of drug-likeness (QED) is 0.646. The number of ether oxygens (including phenoxy) is 1. The smallest absolute Gasteiger partial charge is 0.179 e. The number of nitrogens with one attached hydrogen (secondary N) is 1. The Hall–Kier alpha value is -1.14. The van der Waals surface area contributed by atoms with Gasteiger partial charge in [0.25, 0.3) is 0 Å². The summed E-state index contributed by atoms with van der Waals surface area (Å²) < 4.78 is 9.88. The number of fused-ring (bicyclic) bond motifs is 1. The van der Waals surface area contributed by atoms with Crippen LogP contribution in [0.15, 0.2) is 0 Å². The molecule has 0 aliphatic carbocycles. The molecule has 0 fully saturated rings. The van der Waals surface area contributed by atoms with Crippen molar-refractivity contribution in [2.24, 2.45) is 7.05 Å². The van der Waals surface area contributed by atoms with E-state index < -0.39 is 0 Å². The summed E-state index contributed by atoms with van der Waals surface area (Å²) in [7, 11) is 3.69. The molecule has 0 aliphatic rings. The van der Waals surface area contributed by atoms with E-state index >= 15 is 0 Å². The van der Waals surface area contributed by atoms with Crippen LogP contribution >= 0.6 is 12.2 Å². The zero-order valence-electron chi connectivity index (χ0n) is 11.2. The van der Waals surface area contributed by atoms with E-state index in [1.165, 1.54) is 0 Å². The van der Waals surface area contributed by atoms with Gasteiger partial charge in [-0.1, -0.05) is 13.3 Å². The van der Waals surface area contributed by atoms with Crippen LogP contribution in [0.2, 0.25) is 0 Å². The molecule has 2 aromatic rings. The Morgan fingerprint density at radius 3 is 2.89 bits per heavy atom. The van der Waals surface area contributed by atoms with Crippen molar-refractivity contribution in [1.82, 2.24) is 19.3 Å². The molecule has 100 valence electrons. The van der Waals surface area contributed by atoms with Crippen LogP contribution in [0.25, 0.3) is 11.2 Å². The molecular formula is C12H20N4OS. The van der Waals surface area contributed by atoms with Crippen LogP contribution in [0.5, 0.6) is 0 Å². The number of aromatic nitrogens is 4. The van der Waals surface area contributed by atoms with Crippen LogP contribution in [0.1, 0.15) is 25.5 Å². The molecule has 6 heteroatoms. The normalized spacial score (nSPS) is 11.5. The van der Waals surface area contributed by atoms with Crippen LogP contribution in [0.3, 0.4) is 0 Å². The zero-order valence-corrected chi connectivity index (χ0v) is 12.0. The standard InChI is InChI=1S/C12H20N4OS/c1-4-6-9-10-11(15(2)14-9)16(12(18)13-10)7-5-8-17-3/h4-8H2,1-3H3,(H,13,18). The van der Waals surface area contributed by atoms with Crippen molar-refractivity contribution in [3.05, 3.63) is 10.5 Å². The first-order valence-corrected chi connectivity index (χ1v) is 6.73. The van der Waals surface area contributed by atoms with Gasteiger partial charge in [0.15, 0.2) is 10.4 Å². The summed E-state index contributed by atoms with van der Waals surface area (Å²) >= 11 is 5.39. The third-order valence-corrected chi connectivity index (χ3v) is 3.36. The van der Waals surface area contributed by atoms with Gasteiger partial charge in [0.2, 0.25) is 0 Å². The Kier molecular flexibility index (Phi) is 4.19. The first-order valence-electron chi connectivity index (χ1n) is 6.32. The topological polar surface area (TPSA) is 47.8 Å². The lowest BCUT2D eigenvalue weighted by Gasteiger charge is -2.03. The van der Waals surface area contributed by atoms with Gasteiger partial charge in [0.05, 0.1) is 5.69 Å². The van der Waals surface area contributed by atoms with Gasteiger partial charge in [0.1, 0.15) is 5.52 Å². The van der Waals surface area contributed by atoms with Crippen molar-refractivity contribution >= 4 is 23.4 Å². The van der Waals surface area contributed by atoms with Gasteiger partial charge in [-0.2, -0.15) is 5.10 Å². The Labute approximate surface area is 112 Å². The molecule has 2 aromatic heterocycles. The second-order valence-corrected chi connectivity index (χ2v) is 4.83. The third-order valence-electron chi connectivity index (χ3n) is 3.04. The van der Waals surface area contributed by atoms with Gasteiger partial charge in [-0.25, -0.2) is 0 Å². The summed E-state index contributed by atoms with van der Waals surface area (Å²) in [5.41, 5.74) is 3.27. The summed E-state index contributed by atoms with van der Waals surface area (Å²) in [6, 6.07) is 0. The number of aromatic amines is 1. The fourth-order valence-electron chi connectivity index (χ4n) is 2.26. The highest BCUT2D eigenvalue weighted by molar-refractivity contribution is 7.71. The van der Waals surface area contributed by atoms with E-state index in [9.17, 15) is 0 Å². The highest BCUT2D eigenvalue weighted by Gasteiger charge is 2.14. The number of H-pyrrole nitrogens is 1. The first kappa shape index (κ1) is 13.3. The Bertz CT molecular complexity index is 581. The summed E-state index contributed by atoms with van der Waals surface area (Å²) in [6.45, 7) is 3.76. The van der Waals surface area contributed by atoms with Gasteiger partial charge in [0, 0.05) is 27.3 Å². The number of rotatable bonds is 6. The second-order valence-electron chi connectivity index (χ2n) is 4.45. The maximum absolute atomic E-state index is 5.39. The molecule has 2 heterocycles. The largest absolute Gasteiger partial charge is 0.385 e. The molecule has 0 saturated heterocycles. The predicted molar refractivity (Wildman–Crippen MR) is 74.4 cm³/mol. The molecule has 0 unspecified atom stereocenters. The van der Waals surface area contributed by atoms with Crippen LogP contribution < -0.4 is 0 Å². The van der Waals surface area contributed by atoms with E-state index in [0.717, 1.165) is 54.0 Å². The minimum atomic E-state index is 0.744. The van der Waals surface area contributed by atoms with Gasteiger partial charge >= 0.3 is 0 Å². The fraction of sp³-hybridized carbons (Fsp3) is 0.667. The fourth-order valence-corrected chi connectivity index (χ4v) is 2.54. The highest BCUT2D eigenvalue weighted by Crippen LogP contribution is 2.19. The van der Waals surface area contributed by atoms with E-state index in [1.807, 2.05) is 11.7 Å². The lowest BCUT2D eigenvalue weighted by molar-refractivity contribution is 0.190. The molecule has 0 saturated carbocycles. The zero-order chi connectivity index (χ0) is 13.1. The van der Waals surface area contributed by atoms with Gasteiger partial charge in [-0.15, -0.1) is 0 Å². The minimum Gasteiger partial charge on any atom is -0.385 e. The Balaban J connectivity index is 2.40. The van der Waals surface area contributed by atoms with Crippen molar-refractivity contribution in [1.29, 1.82) is 0 Å². The number of methoxy groups -OCH3 is 1. The summed E-state index contributed by atoms with van der Waals surface area (Å²) in [5, 5.41) is 4.56.